The summed E-state index contributed by atoms with van der Waals surface area (Å²) in [7, 11) is 0. The van der Waals surface area contributed by atoms with Gasteiger partial charge in [-0.15, -0.1) is 0 Å². The van der Waals surface area contributed by atoms with Crippen molar-refractivity contribution in [2.24, 2.45) is 0 Å². The van der Waals surface area contributed by atoms with E-state index in [1.165, 1.54) is 0 Å². The van der Waals surface area contributed by atoms with Crippen LogP contribution < -0.4 is 0 Å². The van der Waals surface area contributed by atoms with Gasteiger partial charge in [-0.1, -0.05) is 15.9 Å². The second-order valence-corrected chi connectivity index (χ2v) is 2.85. The molecule has 1 heterocycles. The maximum absolute atomic E-state index is 9.06. The Morgan fingerprint density at radius 1 is 1.20 bits per heavy atom. The summed E-state index contributed by atoms with van der Waals surface area (Å²) in [6, 6.07) is 0. The van der Waals surface area contributed by atoms with Gasteiger partial charge in [0.25, 0.3) is 0 Å². The van der Waals surface area contributed by atoms with Gasteiger partial charge in [-0.05, 0) is 0 Å². The Morgan fingerprint density at radius 3 is 2.00 bits per heavy atom. The monoisotopic (exact) mass is 212 g/mol. The third-order valence-corrected chi connectivity index (χ3v) is 2.13. The van der Waals surface area contributed by atoms with Gasteiger partial charge in [0.2, 0.25) is 0 Å². The highest BCUT2D eigenvalue weighted by molar-refractivity contribution is 9.09. The molecule has 0 saturated carbocycles. The average Bonchev–Trinajstić information content (AvgIpc) is 2.17. The van der Waals surface area contributed by atoms with Crippen LogP contribution in [0.2, 0.25) is 0 Å². The lowest BCUT2D eigenvalue weighted by atomic mass is 10.2. The summed E-state index contributed by atoms with van der Waals surface area (Å²) < 4.78 is 4.74. The lowest BCUT2D eigenvalue weighted by Gasteiger charge is -2.09. The normalized spacial score (nSPS) is 48.0. The molecule has 5 heteroatoms. The molecular weight excluding hydrogens is 204 g/mol. The molecule has 1 saturated heterocycles. The Hall–Kier alpha value is 0.320. The molecule has 1 rings (SSSR count). The predicted octanol–water partition coefficient (Wildman–Crippen LogP) is -1.18. The van der Waals surface area contributed by atoms with Gasteiger partial charge in [0.05, 0.1) is 6.10 Å². The Balaban J connectivity index is 2.53. The van der Waals surface area contributed by atoms with Crippen LogP contribution in [0.1, 0.15) is 0 Å². The maximum Gasteiger partial charge on any atom is 0.183 e. The molecule has 0 aliphatic carbocycles. The second-order valence-electron chi connectivity index (χ2n) is 2.20. The van der Waals surface area contributed by atoms with E-state index in [1.54, 1.807) is 0 Å². The minimum Gasteiger partial charge on any atom is -0.387 e. The number of hydrogen-bond acceptors (Lipinski definition) is 4. The molecule has 1 fully saturated rings. The van der Waals surface area contributed by atoms with E-state index >= 15 is 0 Å². The van der Waals surface area contributed by atoms with Gasteiger partial charge in [-0.2, -0.15) is 0 Å². The topological polar surface area (TPSA) is 69.9 Å². The van der Waals surface area contributed by atoms with Gasteiger partial charge < -0.3 is 20.1 Å². The van der Waals surface area contributed by atoms with E-state index in [-0.39, 0.29) is 0 Å². The van der Waals surface area contributed by atoms with Crippen molar-refractivity contribution in [2.75, 3.05) is 5.33 Å². The standard InChI is InChI=1S/C5H9BrO4/c6-1-2-3(7)4(8)5(9)10-2/h2-5,7-9H,1H2/t2-,3-,4-,5-/m1/s1. The van der Waals surface area contributed by atoms with E-state index in [1.807, 2.05) is 0 Å². The second kappa shape index (κ2) is 3.15. The minimum absolute atomic E-state index is 0.405. The molecule has 60 valence electrons. The van der Waals surface area contributed by atoms with Crippen molar-refractivity contribution in [3.8, 4) is 0 Å². The summed E-state index contributed by atoms with van der Waals surface area (Å²) in [4.78, 5) is 0. The summed E-state index contributed by atoms with van der Waals surface area (Å²) in [6.07, 6.45) is -3.93. The molecule has 0 radical (unpaired) electrons. The van der Waals surface area contributed by atoms with Gasteiger partial charge in [0, 0.05) is 5.33 Å². The quantitative estimate of drug-likeness (QED) is 0.479. The molecule has 1 aliphatic heterocycles. The zero-order chi connectivity index (χ0) is 7.72. The summed E-state index contributed by atoms with van der Waals surface area (Å²) in [5.41, 5.74) is 0. The fourth-order valence-electron chi connectivity index (χ4n) is 0.856. The van der Waals surface area contributed by atoms with Crippen LogP contribution in [0.15, 0.2) is 0 Å². The molecule has 0 bridgehead atoms. The summed E-state index contributed by atoms with van der Waals surface area (Å²) in [5.74, 6) is 0. The third-order valence-electron chi connectivity index (χ3n) is 1.49. The first-order chi connectivity index (χ1) is 4.66. The molecule has 0 aromatic rings. The molecule has 4 nitrogen and oxygen atoms in total. The fourth-order valence-corrected chi connectivity index (χ4v) is 1.39. The van der Waals surface area contributed by atoms with E-state index in [9.17, 15) is 0 Å². The van der Waals surface area contributed by atoms with E-state index in [4.69, 9.17) is 20.1 Å². The van der Waals surface area contributed by atoms with Crippen molar-refractivity contribution in [1.82, 2.24) is 0 Å². The number of aliphatic hydroxyl groups is 3. The van der Waals surface area contributed by atoms with Crippen LogP contribution in [0.5, 0.6) is 0 Å². The highest BCUT2D eigenvalue weighted by atomic mass is 79.9. The first-order valence-corrected chi connectivity index (χ1v) is 4.04. The molecular formula is C5H9BrO4. The lowest BCUT2D eigenvalue weighted by molar-refractivity contribution is -0.123. The van der Waals surface area contributed by atoms with Crippen molar-refractivity contribution in [2.45, 2.75) is 24.6 Å². The molecule has 3 N–H and O–H groups in total. The molecule has 0 spiro atoms. The Bertz CT molecular complexity index is 120. The number of alkyl halides is 1. The molecule has 0 aromatic carbocycles. The smallest absolute Gasteiger partial charge is 0.183 e. The summed E-state index contributed by atoms with van der Waals surface area (Å²) in [5, 5.41) is 27.2. The number of halogens is 1. The van der Waals surface area contributed by atoms with Gasteiger partial charge in [0.1, 0.15) is 12.2 Å². The van der Waals surface area contributed by atoms with Crippen molar-refractivity contribution >= 4 is 15.9 Å². The Labute approximate surface area is 66.6 Å². The number of ether oxygens (including phenoxy) is 1. The first kappa shape index (κ1) is 8.42. The molecule has 0 unspecified atom stereocenters. The van der Waals surface area contributed by atoms with Gasteiger partial charge in [-0.25, -0.2) is 0 Å². The van der Waals surface area contributed by atoms with E-state index < -0.39 is 24.6 Å². The van der Waals surface area contributed by atoms with Crippen LogP contribution in [-0.2, 0) is 4.74 Å². The highest BCUT2D eigenvalue weighted by Gasteiger charge is 2.40. The number of aliphatic hydroxyl groups excluding tert-OH is 3. The van der Waals surface area contributed by atoms with Crippen molar-refractivity contribution in [3.05, 3.63) is 0 Å². The van der Waals surface area contributed by atoms with E-state index in [0.717, 1.165) is 0 Å². The van der Waals surface area contributed by atoms with Crippen molar-refractivity contribution in [1.29, 1.82) is 0 Å². The van der Waals surface area contributed by atoms with Gasteiger partial charge in [0.15, 0.2) is 6.29 Å². The van der Waals surface area contributed by atoms with E-state index in [2.05, 4.69) is 15.9 Å². The lowest BCUT2D eigenvalue weighted by Crippen LogP contribution is -2.32. The SMILES string of the molecule is O[C@@H]1[C@H](O)[C@@H](CBr)O[C@H]1O. The molecule has 4 atom stereocenters. The largest absolute Gasteiger partial charge is 0.387 e. The zero-order valence-corrected chi connectivity index (χ0v) is 6.73. The Kier molecular flexibility index (Phi) is 2.65. The molecule has 0 aromatic heterocycles. The summed E-state index contributed by atoms with van der Waals surface area (Å²) in [6.45, 7) is 0. The summed E-state index contributed by atoms with van der Waals surface area (Å²) >= 11 is 3.06. The Morgan fingerprint density at radius 2 is 1.80 bits per heavy atom. The van der Waals surface area contributed by atoms with Crippen LogP contribution >= 0.6 is 15.9 Å². The molecule has 10 heavy (non-hydrogen) atoms. The average molecular weight is 213 g/mol. The van der Waals surface area contributed by atoms with E-state index in [0.29, 0.717) is 5.33 Å². The first-order valence-electron chi connectivity index (χ1n) is 2.92. The minimum atomic E-state index is -1.25. The fraction of sp³-hybridized carbons (Fsp3) is 1.00. The predicted molar refractivity (Wildman–Crippen MR) is 36.7 cm³/mol. The number of hydrogen-bond donors (Lipinski definition) is 3. The third kappa shape index (κ3) is 1.33. The van der Waals surface area contributed by atoms with Crippen LogP contribution in [-0.4, -0.2) is 45.3 Å². The zero-order valence-electron chi connectivity index (χ0n) is 5.14. The number of rotatable bonds is 1. The van der Waals surface area contributed by atoms with Crippen molar-refractivity contribution in [3.63, 3.8) is 0 Å². The highest BCUT2D eigenvalue weighted by Crippen LogP contribution is 2.20. The molecule has 0 amide bonds. The van der Waals surface area contributed by atoms with Crippen LogP contribution in [0.25, 0.3) is 0 Å². The van der Waals surface area contributed by atoms with Gasteiger partial charge in [-0.3, -0.25) is 0 Å². The van der Waals surface area contributed by atoms with Crippen LogP contribution in [0.3, 0.4) is 0 Å². The van der Waals surface area contributed by atoms with Crippen molar-refractivity contribution < 1.29 is 20.1 Å². The van der Waals surface area contributed by atoms with Crippen LogP contribution in [0.4, 0.5) is 0 Å². The molecule has 1 aliphatic rings. The maximum atomic E-state index is 9.06. The van der Waals surface area contributed by atoms with Gasteiger partial charge >= 0.3 is 0 Å². The van der Waals surface area contributed by atoms with Crippen LogP contribution in [0, 0.1) is 0 Å².